The van der Waals surface area contributed by atoms with Crippen molar-refractivity contribution in [1.82, 2.24) is 4.98 Å². The number of rotatable bonds is 2. The Balaban J connectivity index is 2.46. The van der Waals surface area contributed by atoms with Gasteiger partial charge in [-0.15, -0.1) is 11.3 Å². The number of aromatic nitrogens is 1. The first-order chi connectivity index (χ1) is 5.92. The molecule has 2 nitrogen and oxygen atoms in total. The Morgan fingerprint density at radius 3 is 3.00 bits per heavy atom. The molecular formula is C9H10N2S. The van der Waals surface area contributed by atoms with Crippen molar-refractivity contribution in [3.8, 4) is 10.4 Å². The van der Waals surface area contributed by atoms with Gasteiger partial charge >= 0.3 is 0 Å². The van der Waals surface area contributed by atoms with Crippen LogP contribution in [0.15, 0.2) is 29.9 Å². The Bertz CT molecular complexity index is 348. The lowest BCUT2D eigenvalue weighted by Crippen LogP contribution is -1.95. The summed E-state index contributed by atoms with van der Waals surface area (Å²) in [4.78, 5) is 4.34. The van der Waals surface area contributed by atoms with Crippen LogP contribution in [0.2, 0.25) is 0 Å². The zero-order chi connectivity index (χ0) is 8.39. The summed E-state index contributed by atoms with van der Waals surface area (Å²) in [6.07, 6.45) is 3.95. The molecule has 0 unspecified atom stereocenters. The zero-order valence-electron chi connectivity index (χ0n) is 6.58. The Labute approximate surface area is 75.0 Å². The molecule has 3 N–H and O–H groups in total. The minimum Gasteiger partial charge on any atom is -0.367 e. The highest BCUT2D eigenvalue weighted by Crippen LogP contribution is 2.27. The molecule has 0 amide bonds. The van der Waals surface area contributed by atoms with Crippen LogP contribution in [0.1, 0.15) is 5.56 Å². The summed E-state index contributed by atoms with van der Waals surface area (Å²) >= 11 is 1.73. The van der Waals surface area contributed by atoms with Gasteiger partial charge in [0.2, 0.25) is 0 Å². The minimum absolute atomic E-state index is 0.594. The minimum atomic E-state index is 0.594. The van der Waals surface area contributed by atoms with Crippen molar-refractivity contribution in [2.45, 2.75) is 6.54 Å². The molecule has 3 heteroatoms. The molecule has 62 valence electrons. The summed E-state index contributed by atoms with van der Waals surface area (Å²) in [7, 11) is 0. The molecular weight excluding hydrogens is 168 g/mol. The van der Waals surface area contributed by atoms with Gasteiger partial charge in [-0.1, -0.05) is 6.07 Å². The van der Waals surface area contributed by atoms with Gasteiger partial charge in [0.25, 0.3) is 0 Å². The summed E-state index contributed by atoms with van der Waals surface area (Å²) < 4.78 is 0. The molecule has 2 rings (SSSR count). The summed E-state index contributed by atoms with van der Waals surface area (Å²) in [5, 5.41) is 2.07. The average molecular weight is 178 g/mol. The molecule has 0 aliphatic heterocycles. The third-order valence-corrected chi connectivity index (χ3v) is 2.74. The van der Waals surface area contributed by atoms with Gasteiger partial charge in [0, 0.05) is 29.4 Å². The molecule has 0 saturated carbocycles. The van der Waals surface area contributed by atoms with E-state index in [0.717, 1.165) is 0 Å². The van der Waals surface area contributed by atoms with Gasteiger partial charge in [0.05, 0.1) is 0 Å². The van der Waals surface area contributed by atoms with Crippen LogP contribution in [0.3, 0.4) is 0 Å². The summed E-state index contributed by atoms with van der Waals surface area (Å²) in [6.45, 7) is 0.594. The quantitative estimate of drug-likeness (QED) is 0.727. The van der Waals surface area contributed by atoms with Gasteiger partial charge in [-0.3, -0.25) is 0 Å². The highest BCUT2D eigenvalue weighted by Gasteiger charge is 2.04. The van der Waals surface area contributed by atoms with E-state index in [2.05, 4.69) is 16.4 Å². The number of nitrogens with two attached hydrogens (primary N) is 1. The number of thiophene rings is 1. The molecule has 12 heavy (non-hydrogen) atoms. The van der Waals surface area contributed by atoms with Crippen LogP contribution in [-0.4, -0.2) is 4.98 Å². The fraction of sp³-hybridized carbons (Fsp3) is 0.111. The Morgan fingerprint density at radius 2 is 2.33 bits per heavy atom. The summed E-state index contributed by atoms with van der Waals surface area (Å²) in [6, 6.07) is 4.15. The molecule has 0 atom stereocenters. The van der Waals surface area contributed by atoms with Crippen LogP contribution in [0.5, 0.6) is 0 Å². The normalized spacial score (nSPS) is 10.4. The van der Waals surface area contributed by atoms with Crippen molar-refractivity contribution in [3.05, 3.63) is 35.5 Å². The van der Waals surface area contributed by atoms with Gasteiger partial charge in [-0.2, -0.15) is 0 Å². The first kappa shape index (κ1) is 7.58. The fourth-order valence-electron chi connectivity index (χ4n) is 1.23. The topological polar surface area (TPSA) is 41.8 Å². The van der Waals surface area contributed by atoms with E-state index >= 15 is 0 Å². The van der Waals surface area contributed by atoms with Crippen LogP contribution >= 0.6 is 11.3 Å². The standard InChI is InChI=1S/C9H10N2S/c10-4-7-5-11-6-8(7)9-2-1-3-12-9/h1-3,5-6,11H,4,10H2. The van der Waals surface area contributed by atoms with E-state index in [4.69, 9.17) is 5.73 Å². The maximum atomic E-state index is 5.59. The Hall–Kier alpha value is -1.06. The van der Waals surface area contributed by atoms with Gasteiger partial charge in [0.1, 0.15) is 0 Å². The number of hydrogen-bond donors (Lipinski definition) is 2. The molecule has 0 aromatic carbocycles. The zero-order valence-corrected chi connectivity index (χ0v) is 7.40. The van der Waals surface area contributed by atoms with Crippen LogP contribution < -0.4 is 5.73 Å². The molecule has 0 aliphatic carbocycles. The van der Waals surface area contributed by atoms with Crippen molar-refractivity contribution in [1.29, 1.82) is 0 Å². The molecule has 0 spiro atoms. The van der Waals surface area contributed by atoms with E-state index in [1.165, 1.54) is 16.0 Å². The monoisotopic (exact) mass is 178 g/mol. The maximum Gasteiger partial charge on any atom is 0.0361 e. The number of hydrogen-bond acceptors (Lipinski definition) is 2. The second-order valence-corrected chi connectivity index (χ2v) is 3.52. The lowest BCUT2D eigenvalue weighted by molar-refractivity contribution is 1.08. The number of aromatic amines is 1. The van der Waals surface area contributed by atoms with E-state index in [-0.39, 0.29) is 0 Å². The van der Waals surface area contributed by atoms with Crippen molar-refractivity contribution in [2.75, 3.05) is 0 Å². The predicted octanol–water partition coefficient (Wildman–Crippen LogP) is 2.20. The second kappa shape index (κ2) is 3.13. The summed E-state index contributed by atoms with van der Waals surface area (Å²) in [5.74, 6) is 0. The second-order valence-electron chi connectivity index (χ2n) is 2.58. The smallest absolute Gasteiger partial charge is 0.0361 e. The van der Waals surface area contributed by atoms with Crippen LogP contribution in [0.25, 0.3) is 10.4 Å². The molecule has 2 aromatic heterocycles. The van der Waals surface area contributed by atoms with Crippen molar-refractivity contribution < 1.29 is 0 Å². The third kappa shape index (κ3) is 1.17. The van der Waals surface area contributed by atoms with E-state index < -0.39 is 0 Å². The lowest BCUT2D eigenvalue weighted by Gasteiger charge is -1.95. The lowest BCUT2D eigenvalue weighted by atomic mass is 10.2. The SMILES string of the molecule is NCc1c[nH]cc1-c1cccs1. The van der Waals surface area contributed by atoms with Crippen molar-refractivity contribution >= 4 is 11.3 Å². The van der Waals surface area contributed by atoms with Crippen molar-refractivity contribution in [3.63, 3.8) is 0 Å². The fourth-order valence-corrected chi connectivity index (χ4v) is 2.00. The van der Waals surface area contributed by atoms with Gasteiger partial charge in [-0.25, -0.2) is 0 Å². The molecule has 0 fully saturated rings. The Morgan fingerprint density at radius 1 is 1.42 bits per heavy atom. The average Bonchev–Trinajstić information content (AvgIpc) is 2.74. The van der Waals surface area contributed by atoms with Crippen LogP contribution in [-0.2, 0) is 6.54 Å². The van der Waals surface area contributed by atoms with Gasteiger partial charge < -0.3 is 10.7 Å². The molecule has 0 aliphatic rings. The largest absolute Gasteiger partial charge is 0.367 e. The number of H-pyrrole nitrogens is 1. The molecule has 0 radical (unpaired) electrons. The first-order valence-electron chi connectivity index (χ1n) is 3.81. The highest BCUT2D eigenvalue weighted by molar-refractivity contribution is 7.13. The van der Waals surface area contributed by atoms with Crippen molar-refractivity contribution in [2.24, 2.45) is 5.73 Å². The summed E-state index contributed by atoms with van der Waals surface area (Å²) in [5.41, 5.74) is 7.99. The molecule has 2 heterocycles. The molecule has 0 bridgehead atoms. The number of nitrogens with one attached hydrogen (secondary N) is 1. The third-order valence-electron chi connectivity index (χ3n) is 1.84. The Kier molecular flexibility index (Phi) is 1.98. The van der Waals surface area contributed by atoms with Crippen LogP contribution in [0.4, 0.5) is 0 Å². The van der Waals surface area contributed by atoms with E-state index in [9.17, 15) is 0 Å². The predicted molar refractivity (Wildman–Crippen MR) is 52.0 cm³/mol. The highest BCUT2D eigenvalue weighted by atomic mass is 32.1. The molecule has 2 aromatic rings. The maximum absolute atomic E-state index is 5.59. The van der Waals surface area contributed by atoms with E-state index in [0.29, 0.717) is 6.54 Å². The van der Waals surface area contributed by atoms with Crippen LogP contribution in [0, 0.1) is 0 Å². The van der Waals surface area contributed by atoms with E-state index in [1.54, 1.807) is 11.3 Å². The first-order valence-corrected chi connectivity index (χ1v) is 4.69. The van der Waals surface area contributed by atoms with Gasteiger partial charge in [0.15, 0.2) is 0 Å². The van der Waals surface area contributed by atoms with E-state index in [1.807, 2.05) is 18.5 Å². The molecule has 0 saturated heterocycles. The van der Waals surface area contributed by atoms with Gasteiger partial charge in [-0.05, 0) is 17.0 Å².